The smallest absolute Gasteiger partial charge is 0.306 e. The van der Waals surface area contributed by atoms with Gasteiger partial charge < -0.3 is 9.84 Å². The molecule has 0 heterocycles. The number of aliphatic hydroxyl groups is 1. The van der Waals surface area contributed by atoms with Gasteiger partial charge in [0, 0.05) is 12.8 Å². The van der Waals surface area contributed by atoms with Gasteiger partial charge in [-0.05, 0) is 27.7 Å². The van der Waals surface area contributed by atoms with Crippen LogP contribution < -0.4 is 0 Å². The van der Waals surface area contributed by atoms with Crippen LogP contribution in [-0.4, -0.2) is 29.1 Å². The number of hydrogen-bond donors (Lipinski definition) is 1. The van der Waals surface area contributed by atoms with Gasteiger partial charge in [0.25, 0.3) is 0 Å². The van der Waals surface area contributed by atoms with E-state index in [4.69, 9.17) is 4.74 Å². The summed E-state index contributed by atoms with van der Waals surface area (Å²) in [6.07, 6.45) is 2.12. The number of carbonyl (C=O) groups is 2. The van der Waals surface area contributed by atoms with Crippen LogP contribution in [0.15, 0.2) is 11.6 Å². The molecule has 0 spiro atoms. The highest BCUT2D eigenvalue weighted by molar-refractivity contribution is 5.89. The molecule has 0 aromatic heterocycles. The maximum atomic E-state index is 11.7. The van der Waals surface area contributed by atoms with Crippen molar-refractivity contribution < 1.29 is 19.4 Å². The number of Topliss-reactive ketones (excluding diaryl/α,β-unsaturated/α-hetero) is 1. The fraction of sp³-hybridized carbons (Fsp3) is 0.692. The summed E-state index contributed by atoms with van der Waals surface area (Å²) in [5.41, 5.74) is -0.354. The van der Waals surface area contributed by atoms with E-state index >= 15 is 0 Å². The monoisotopic (exact) mass is 242 g/mol. The minimum atomic E-state index is -1.40. The summed E-state index contributed by atoms with van der Waals surface area (Å²) in [6.45, 7) is 7.30. The van der Waals surface area contributed by atoms with Gasteiger partial charge in [-0.1, -0.05) is 11.6 Å². The van der Waals surface area contributed by atoms with Crippen LogP contribution in [0.3, 0.4) is 0 Å². The Morgan fingerprint density at radius 1 is 1.29 bits per heavy atom. The van der Waals surface area contributed by atoms with E-state index in [9.17, 15) is 14.7 Å². The Labute approximate surface area is 103 Å². The molecule has 0 saturated carbocycles. The molecule has 1 N–H and O–H groups in total. The maximum Gasteiger partial charge on any atom is 0.306 e. The van der Waals surface area contributed by atoms with Gasteiger partial charge in [-0.25, -0.2) is 0 Å². The van der Waals surface area contributed by atoms with Crippen molar-refractivity contribution in [2.45, 2.75) is 52.6 Å². The van der Waals surface area contributed by atoms with E-state index in [-0.39, 0.29) is 25.0 Å². The lowest BCUT2D eigenvalue weighted by atomic mass is 9.93. The van der Waals surface area contributed by atoms with Gasteiger partial charge in [0.15, 0.2) is 5.78 Å². The van der Waals surface area contributed by atoms with Crippen molar-refractivity contribution in [2.24, 2.45) is 0 Å². The zero-order chi connectivity index (χ0) is 13.5. The Morgan fingerprint density at radius 2 is 1.88 bits per heavy atom. The molecule has 1 unspecified atom stereocenters. The Morgan fingerprint density at radius 3 is 2.35 bits per heavy atom. The van der Waals surface area contributed by atoms with Crippen molar-refractivity contribution in [3.63, 3.8) is 0 Å². The van der Waals surface area contributed by atoms with E-state index in [0.717, 1.165) is 5.57 Å². The highest BCUT2D eigenvalue weighted by atomic mass is 16.5. The molecule has 0 aliphatic carbocycles. The average molecular weight is 242 g/mol. The molecule has 0 saturated heterocycles. The molecule has 0 rings (SSSR count). The van der Waals surface area contributed by atoms with Gasteiger partial charge in [0.05, 0.1) is 13.0 Å². The molecular formula is C13H22O4. The standard InChI is InChI=1S/C13H22O4/c1-5-17-12(15)7-6-11(14)13(4,16)9-8-10(2)3/h8,16H,5-7,9H2,1-4H3. The van der Waals surface area contributed by atoms with Crippen LogP contribution in [0.25, 0.3) is 0 Å². The van der Waals surface area contributed by atoms with E-state index in [2.05, 4.69) is 0 Å². The molecule has 98 valence electrons. The molecule has 0 aromatic rings. The Bertz CT molecular complexity index is 299. The van der Waals surface area contributed by atoms with Crippen LogP contribution in [-0.2, 0) is 14.3 Å². The van der Waals surface area contributed by atoms with Crippen molar-refractivity contribution in [1.82, 2.24) is 0 Å². The van der Waals surface area contributed by atoms with Crippen molar-refractivity contribution in [1.29, 1.82) is 0 Å². The van der Waals surface area contributed by atoms with Crippen LogP contribution in [0.4, 0.5) is 0 Å². The maximum absolute atomic E-state index is 11.7. The Hall–Kier alpha value is -1.16. The van der Waals surface area contributed by atoms with Crippen LogP contribution in [0, 0.1) is 0 Å². The predicted molar refractivity (Wildman–Crippen MR) is 65.5 cm³/mol. The molecule has 0 aliphatic rings. The van der Waals surface area contributed by atoms with Crippen LogP contribution in [0.1, 0.15) is 47.0 Å². The first-order valence-corrected chi connectivity index (χ1v) is 5.84. The van der Waals surface area contributed by atoms with Crippen LogP contribution in [0.2, 0.25) is 0 Å². The molecular weight excluding hydrogens is 220 g/mol. The van der Waals surface area contributed by atoms with E-state index in [1.54, 1.807) is 6.92 Å². The zero-order valence-electron chi connectivity index (χ0n) is 11.1. The van der Waals surface area contributed by atoms with Gasteiger partial charge >= 0.3 is 5.97 Å². The number of hydrogen-bond acceptors (Lipinski definition) is 4. The lowest BCUT2D eigenvalue weighted by molar-refractivity contribution is -0.146. The number of ether oxygens (including phenoxy) is 1. The highest BCUT2D eigenvalue weighted by Crippen LogP contribution is 2.16. The van der Waals surface area contributed by atoms with E-state index in [1.807, 2.05) is 19.9 Å². The predicted octanol–water partition coefficient (Wildman–Crippen LogP) is 2.01. The van der Waals surface area contributed by atoms with Crippen molar-refractivity contribution in [3.8, 4) is 0 Å². The third-order valence-electron chi connectivity index (χ3n) is 2.37. The molecule has 0 fully saturated rings. The Balaban J connectivity index is 4.20. The lowest BCUT2D eigenvalue weighted by Gasteiger charge is -2.20. The van der Waals surface area contributed by atoms with Gasteiger partial charge in [0.1, 0.15) is 5.60 Å². The van der Waals surface area contributed by atoms with Crippen LogP contribution in [0.5, 0.6) is 0 Å². The SMILES string of the molecule is CCOC(=O)CCC(=O)C(C)(O)CC=C(C)C. The zero-order valence-corrected chi connectivity index (χ0v) is 11.1. The average Bonchev–Trinajstić information content (AvgIpc) is 2.23. The number of carbonyl (C=O) groups excluding carboxylic acids is 2. The van der Waals surface area contributed by atoms with Crippen molar-refractivity contribution >= 4 is 11.8 Å². The number of rotatable bonds is 7. The van der Waals surface area contributed by atoms with E-state index in [0.29, 0.717) is 6.61 Å². The van der Waals surface area contributed by atoms with Gasteiger partial charge in [0.2, 0.25) is 0 Å². The fourth-order valence-corrected chi connectivity index (χ4v) is 1.23. The van der Waals surface area contributed by atoms with E-state index in [1.165, 1.54) is 6.92 Å². The molecule has 0 aliphatic heterocycles. The molecule has 0 aromatic carbocycles. The second-order valence-electron chi connectivity index (χ2n) is 4.49. The van der Waals surface area contributed by atoms with Crippen molar-refractivity contribution in [3.05, 3.63) is 11.6 Å². The molecule has 1 atom stereocenters. The minimum Gasteiger partial charge on any atom is -0.466 e. The highest BCUT2D eigenvalue weighted by Gasteiger charge is 2.28. The summed E-state index contributed by atoms with van der Waals surface area (Å²) in [5.74, 6) is -0.734. The molecule has 4 heteroatoms. The third-order valence-corrected chi connectivity index (χ3v) is 2.37. The molecule has 0 bridgehead atoms. The minimum absolute atomic E-state index is 0.0163. The summed E-state index contributed by atoms with van der Waals surface area (Å²) < 4.78 is 4.72. The lowest BCUT2D eigenvalue weighted by Crippen LogP contribution is -2.34. The number of ketones is 1. The summed E-state index contributed by atoms with van der Waals surface area (Å²) in [6, 6.07) is 0. The molecule has 17 heavy (non-hydrogen) atoms. The Kier molecular flexibility index (Phi) is 6.73. The van der Waals surface area contributed by atoms with Crippen LogP contribution >= 0.6 is 0 Å². The normalized spacial score (nSPS) is 13.7. The largest absolute Gasteiger partial charge is 0.466 e. The molecule has 0 radical (unpaired) electrons. The second kappa shape index (κ2) is 7.22. The van der Waals surface area contributed by atoms with E-state index < -0.39 is 11.6 Å². The number of esters is 1. The first-order valence-electron chi connectivity index (χ1n) is 5.84. The summed E-state index contributed by atoms with van der Waals surface area (Å²) in [4.78, 5) is 22.8. The second-order valence-corrected chi connectivity index (χ2v) is 4.49. The quantitative estimate of drug-likeness (QED) is 0.548. The topological polar surface area (TPSA) is 63.6 Å². The summed E-state index contributed by atoms with van der Waals surface area (Å²) in [7, 11) is 0. The van der Waals surface area contributed by atoms with Gasteiger partial charge in [-0.3, -0.25) is 9.59 Å². The van der Waals surface area contributed by atoms with Gasteiger partial charge in [-0.2, -0.15) is 0 Å². The fourth-order valence-electron chi connectivity index (χ4n) is 1.23. The van der Waals surface area contributed by atoms with Crippen molar-refractivity contribution in [2.75, 3.05) is 6.61 Å². The summed E-state index contributed by atoms with van der Waals surface area (Å²) >= 11 is 0. The first kappa shape index (κ1) is 15.8. The third kappa shape index (κ3) is 6.89. The first-order chi connectivity index (χ1) is 7.79. The van der Waals surface area contributed by atoms with Gasteiger partial charge in [-0.15, -0.1) is 0 Å². The molecule has 4 nitrogen and oxygen atoms in total. The summed E-state index contributed by atoms with van der Waals surface area (Å²) in [5, 5.41) is 9.93. The number of allylic oxidation sites excluding steroid dienone is 1. The molecule has 0 amide bonds.